The zero-order valence-corrected chi connectivity index (χ0v) is 15.6. The van der Waals surface area contributed by atoms with Crippen LogP contribution in [0.25, 0.3) is 0 Å². The third kappa shape index (κ3) is 4.26. The molecule has 0 saturated heterocycles. The lowest BCUT2D eigenvalue weighted by Crippen LogP contribution is -2.43. The standard InChI is InChI=1S/C17H18ClN3OS2/c1-10-5-6-14-11(7-10)8-15(24-14)16(22)20-21-17(23)19-13-4-2-3-12(18)9-13/h2-4,8-10H,5-7H2,1H3,(H,20,22)(H2,19,21,23). The summed E-state index contributed by atoms with van der Waals surface area (Å²) in [5.74, 6) is 0.521. The first kappa shape index (κ1) is 17.2. The van der Waals surface area contributed by atoms with Crippen LogP contribution in [0.1, 0.15) is 33.5 Å². The number of halogens is 1. The Kier molecular flexibility index (Phi) is 5.38. The van der Waals surface area contributed by atoms with Gasteiger partial charge in [0, 0.05) is 15.6 Å². The van der Waals surface area contributed by atoms with Crippen LogP contribution in [0, 0.1) is 5.92 Å². The molecule has 0 bridgehead atoms. The van der Waals surface area contributed by atoms with Gasteiger partial charge in [0.05, 0.1) is 4.88 Å². The smallest absolute Gasteiger partial charge is 0.279 e. The summed E-state index contributed by atoms with van der Waals surface area (Å²) in [6, 6.07) is 9.20. The highest BCUT2D eigenvalue weighted by Gasteiger charge is 2.20. The number of hydrogen-bond acceptors (Lipinski definition) is 3. The van der Waals surface area contributed by atoms with E-state index in [-0.39, 0.29) is 5.91 Å². The topological polar surface area (TPSA) is 53.2 Å². The van der Waals surface area contributed by atoms with Crippen molar-refractivity contribution in [1.82, 2.24) is 10.9 Å². The van der Waals surface area contributed by atoms with E-state index in [1.54, 1.807) is 23.5 Å². The van der Waals surface area contributed by atoms with Gasteiger partial charge >= 0.3 is 0 Å². The number of hydrogen-bond donors (Lipinski definition) is 3. The molecular formula is C17H18ClN3OS2. The van der Waals surface area contributed by atoms with Gasteiger partial charge < -0.3 is 5.32 Å². The lowest BCUT2D eigenvalue weighted by Gasteiger charge is -2.16. The van der Waals surface area contributed by atoms with E-state index in [1.807, 2.05) is 18.2 Å². The fourth-order valence-electron chi connectivity index (χ4n) is 2.72. The Labute approximate surface area is 155 Å². The van der Waals surface area contributed by atoms with Crippen LogP contribution in [-0.2, 0) is 12.8 Å². The number of benzene rings is 1. The first-order valence-electron chi connectivity index (χ1n) is 7.76. The Bertz CT molecular complexity index is 775. The van der Waals surface area contributed by atoms with E-state index in [4.69, 9.17) is 23.8 Å². The Hall–Kier alpha value is -1.63. The summed E-state index contributed by atoms with van der Waals surface area (Å²) < 4.78 is 0. The van der Waals surface area contributed by atoms with Crippen molar-refractivity contribution in [2.75, 3.05) is 5.32 Å². The summed E-state index contributed by atoms with van der Waals surface area (Å²) in [4.78, 5) is 14.3. The third-order valence-corrected chi connectivity index (χ3v) is 5.60. The molecule has 2 aromatic rings. The van der Waals surface area contributed by atoms with E-state index in [9.17, 15) is 4.79 Å². The zero-order chi connectivity index (χ0) is 17.1. The fourth-order valence-corrected chi connectivity index (χ4v) is 4.18. The highest BCUT2D eigenvalue weighted by Crippen LogP contribution is 2.32. The van der Waals surface area contributed by atoms with Crippen LogP contribution in [0.15, 0.2) is 30.3 Å². The highest BCUT2D eigenvalue weighted by atomic mass is 35.5. The van der Waals surface area contributed by atoms with Crippen molar-refractivity contribution in [1.29, 1.82) is 0 Å². The number of amides is 1. The van der Waals surface area contributed by atoms with Crippen molar-refractivity contribution in [3.05, 3.63) is 50.7 Å². The number of thiophene rings is 1. The van der Waals surface area contributed by atoms with Crippen LogP contribution in [0.3, 0.4) is 0 Å². The Balaban J connectivity index is 1.55. The first-order valence-corrected chi connectivity index (χ1v) is 9.36. The minimum absolute atomic E-state index is 0.169. The van der Waals surface area contributed by atoms with Gasteiger partial charge in [-0.15, -0.1) is 11.3 Å². The number of carbonyl (C=O) groups excluding carboxylic acids is 1. The fraction of sp³-hybridized carbons (Fsp3) is 0.294. The van der Waals surface area contributed by atoms with Gasteiger partial charge in [-0.05, 0) is 67.2 Å². The minimum Gasteiger partial charge on any atom is -0.331 e. The molecule has 1 aliphatic rings. The normalized spacial score (nSPS) is 16.2. The van der Waals surface area contributed by atoms with Gasteiger partial charge in [0.15, 0.2) is 5.11 Å². The monoisotopic (exact) mass is 379 g/mol. The summed E-state index contributed by atoms with van der Waals surface area (Å²) in [7, 11) is 0. The van der Waals surface area contributed by atoms with E-state index in [1.165, 1.54) is 16.9 Å². The van der Waals surface area contributed by atoms with Gasteiger partial charge in [0.2, 0.25) is 0 Å². The summed E-state index contributed by atoms with van der Waals surface area (Å²) in [6.07, 6.45) is 3.32. The maximum Gasteiger partial charge on any atom is 0.279 e. The van der Waals surface area contributed by atoms with Gasteiger partial charge in [-0.1, -0.05) is 24.6 Å². The van der Waals surface area contributed by atoms with Crippen LogP contribution in [0.2, 0.25) is 5.02 Å². The second-order valence-electron chi connectivity index (χ2n) is 5.95. The number of thiocarbonyl (C=S) groups is 1. The predicted molar refractivity (Wildman–Crippen MR) is 104 cm³/mol. The van der Waals surface area contributed by atoms with Crippen LogP contribution < -0.4 is 16.2 Å². The quantitative estimate of drug-likeness (QED) is 0.541. The van der Waals surface area contributed by atoms with Crippen molar-refractivity contribution in [2.24, 2.45) is 5.92 Å². The van der Waals surface area contributed by atoms with E-state index < -0.39 is 0 Å². The third-order valence-electron chi connectivity index (χ3n) is 3.93. The van der Waals surface area contributed by atoms with Gasteiger partial charge in [-0.25, -0.2) is 0 Å². The average Bonchev–Trinajstić information content (AvgIpc) is 2.95. The highest BCUT2D eigenvalue weighted by molar-refractivity contribution is 7.80. The van der Waals surface area contributed by atoms with Crippen molar-refractivity contribution in [3.63, 3.8) is 0 Å². The molecule has 1 atom stereocenters. The second kappa shape index (κ2) is 7.51. The lowest BCUT2D eigenvalue weighted by atomic mass is 9.90. The first-order chi connectivity index (χ1) is 11.5. The Morgan fingerprint density at radius 1 is 1.33 bits per heavy atom. The van der Waals surface area contributed by atoms with Gasteiger partial charge in [0.1, 0.15) is 0 Å². The molecule has 0 fully saturated rings. The van der Waals surface area contributed by atoms with Crippen LogP contribution in [-0.4, -0.2) is 11.0 Å². The van der Waals surface area contributed by atoms with E-state index in [0.29, 0.717) is 20.9 Å². The largest absolute Gasteiger partial charge is 0.331 e. The lowest BCUT2D eigenvalue weighted by molar-refractivity contribution is 0.0948. The van der Waals surface area contributed by atoms with Crippen molar-refractivity contribution < 1.29 is 4.79 Å². The van der Waals surface area contributed by atoms with E-state index in [2.05, 4.69) is 23.1 Å². The maximum absolute atomic E-state index is 12.3. The maximum atomic E-state index is 12.3. The Morgan fingerprint density at radius 3 is 2.96 bits per heavy atom. The van der Waals surface area contributed by atoms with Crippen LogP contribution in [0.5, 0.6) is 0 Å². The summed E-state index contributed by atoms with van der Waals surface area (Å²) in [5, 5.41) is 3.89. The molecule has 1 amide bonds. The predicted octanol–water partition coefficient (Wildman–Crippen LogP) is 4.16. The number of aryl methyl sites for hydroxylation is 1. The molecule has 1 unspecified atom stereocenters. The van der Waals surface area contributed by atoms with Crippen molar-refractivity contribution in [2.45, 2.75) is 26.2 Å². The molecule has 3 rings (SSSR count). The molecule has 1 heterocycles. The Morgan fingerprint density at radius 2 is 2.17 bits per heavy atom. The van der Waals surface area contributed by atoms with Gasteiger partial charge in [0.25, 0.3) is 5.91 Å². The average molecular weight is 380 g/mol. The van der Waals surface area contributed by atoms with Gasteiger partial charge in [-0.3, -0.25) is 15.6 Å². The molecule has 1 aromatic heterocycles. The molecule has 1 aromatic carbocycles. The van der Waals surface area contributed by atoms with E-state index in [0.717, 1.165) is 18.5 Å². The second-order valence-corrected chi connectivity index (χ2v) is 7.93. The molecule has 4 nitrogen and oxygen atoms in total. The number of hydrazine groups is 1. The molecule has 0 radical (unpaired) electrons. The van der Waals surface area contributed by atoms with Crippen molar-refractivity contribution >= 4 is 51.9 Å². The van der Waals surface area contributed by atoms with Gasteiger partial charge in [-0.2, -0.15) is 0 Å². The van der Waals surface area contributed by atoms with Crippen LogP contribution >= 0.6 is 35.2 Å². The zero-order valence-electron chi connectivity index (χ0n) is 13.2. The molecule has 0 spiro atoms. The van der Waals surface area contributed by atoms with Crippen molar-refractivity contribution in [3.8, 4) is 0 Å². The van der Waals surface area contributed by atoms with E-state index >= 15 is 0 Å². The molecule has 3 N–H and O–H groups in total. The SMILES string of the molecule is CC1CCc2sc(C(=O)NNC(=S)Nc3cccc(Cl)c3)cc2C1. The molecule has 7 heteroatoms. The molecule has 126 valence electrons. The summed E-state index contributed by atoms with van der Waals surface area (Å²) in [5.41, 5.74) is 7.43. The number of fused-ring (bicyclic) bond motifs is 1. The summed E-state index contributed by atoms with van der Waals surface area (Å²) >= 11 is 12.7. The molecule has 24 heavy (non-hydrogen) atoms. The van der Waals surface area contributed by atoms with Crippen LogP contribution in [0.4, 0.5) is 5.69 Å². The summed E-state index contributed by atoms with van der Waals surface area (Å²) in [6.45, 7) is 2.25. The molecule has 0 saturated carbocycles. The molecule has 0 aliphatic heterocycles. The number of nitrogens with one attached hydrogen (secondary N) is 3. The molecule has 1 aliphatic carbocycles. The number of anilines is 1. The minimum atomic E-state index is -0.169. The molecular weight excluding hydrogens is 362 g/mol. The number of rotatable bonds is 2. The number of carbonyl (C=O) groups is 1.